The summed E-state index contributed by atoms with van der Waals surface area (Å²) in [5.74, 6) is -2.72. The molecular formula is C8H14N2O5. The van der Waals surface area contributed by atoms with Crippen molar-refractivity contribution in [2.75, 3.05) is 7.11 Å². The second-order valence-corrected chi connectivity index (χ2v) is 2.95. The highest BCUT2D eigenvalue weighted by molar-refractivity contribution is 5.89. The molecule has 7 heteroatoms. The predicted octanol–water partition coefficient (Wildman–Crippen LogP) is -1.53. The lowest BCUT2D eigenvalue weighted by Crippen LogP contribution is -2.46. The molecule has 0 aromatic carbocycles. The van der Waals surface area contributed by atoms with Crippen molar-refractivity contribution in [2.45, 2.75) is 25.5 Å². The lowest BCUT2D eigenvalue weighted by molar-refractivity contribution is -0.144. The van der Waals surface area contributed by atoms with Crippen molar-refractivity contribution in [3.05, 3.63) is 0 Å². The second kappa shape index (κ2) is 5.97. The number of hydrogen-bond acceptors (Lipinski definition) is 4. The minimum atomic E-state index is -1.31. The van der Waals surface area contributed by atoms with E-state index in [2.05, 4.69) is 10.1 Å². The third-order valence-electron chi connectivity index (χ3n) is 1.74. The standard InChI is InChI=1S/C8H14N2O5/c1-4(15-2)7(12)10-5(8(13)14)3-6(9)11/h4-5H,3H2,1-2H3,(H2,9,11)(H,10,12)(H,13,14)/t4?,5-/m0/s1. The van der Waals surface area contributed by atoms with Crippen LogP contribution >= 0.6 is 0 Å². The molecule has 0 aromatic rings. The molecule has 0 spiro atoms. The molecule has 0 saturated heterocycles. The fourth-order valence-electron chi connectivity index (χ4n) is 0.797. The number of amides is 2. The number of nitrogens with two attached hydrogens (primary N) is 1. The summed E-state index contributed by atoms with van der Waals surface area (Å²) in [4.78, 5) is 32.3. The summed E-state index contributed by atoms with van der Waals surface area (Å²) >= 11 is 0. The average Bonchev–Trinajstić information content (AvgIpc) is 2.14. The van der Waals surface area contributed by atoms with E-state index in [1.165, 1.54) is 14.0 Å². The van der Waals surface area contributed by atoms with Crippen LogP contribution in [-0.4, -0.2) is 42.1 Å². The summed E-state index contributed by atoms with van der Waals surface area (Å²) in [6.45, 7) is 1.46. The number of carbonyl (C=O) groups is 3. The number of carboxylic acid groups (broad SMARTS) is 1. The van der Waals surface area contributed by atoms with E-state index in [0.717, 1.165) is 0 Å². The Morgan fingerprint density at radius 2 is 2.00 bits per heavy atom. The van der Waals surface area contributed by atoms with Gasteiger partial charge in [-0.15, -0.1) is 0 Å². The van der Waals surface area contributed by atoms with E-state index in [-0.39, 0.29) is 0 Å². The maximum atomic E-state index is 11.2. The first-order chi connectivity index (χ1) is 6.88. The zero-order valence-electron chi connectivity index (χ0n) is 8.52. The van der Waals surface area contributed by atoms with Crippen LogP contribution in [0.5, 0.6) is 0 Å². The summed E-state index contributed by atoms with van der Waals surface area (Å²) < 4.78 is 4.68. The van der Waals surface area contributed by atoms with Gasteiger partial charge in [0.05, 0.1) is 6.42 Å². The largest absolute Gasteiger partial charge is 0.480 e. The van der Waals surface area contributed by atoms with Crippen LogP contribution in [-0.2, 0) is 19.1 Å². The van der Waals surface area contributed by atoms with Gasteiger partial charge in [0.15, 0.2) is 0 Å². The molecule has 2 amide bonds. The van der Waals surface area contributed by atoms with Gasteiger partial charge in [-0.05, 0) is 6.92 Å². The number of carboxylic acids is 1. The molecule has 86 valence electrons. The van der Waals surface area contributed by atoms with Crippen LogP contribution in [0, 0.1) is 0 Å². The minimum Gasteiger partial charge on any atom is -0.480 e. The lowest BCUT2D eigenvalue weighted by Gasteiger charge is -2.15. The van der Waals surface area contributed by atoms with E-state index in [0.29, 0.717) is 0 Å². The number of nitrogens with one attached hydrogen (secondary N) is 1. The van der Waals surface area contributed by atoms with Crippen molar-refractivity contribution in [1.29, 1.82) is 0 Å². The number of carbonyl (C=O) groups excluding carboxylic acids is 2. The number of primary amides is 1. The number of ether oxygens (including phenoxy) is 1. The Bertz CT molecular complexity index is 266. The smallest absolute Gasteiger partial charge is 0.326 e. The fraction of sp³-hybridized carbons (Fsp3) is 0.625. The average molecular weight is 218 g/mol. The van der Waals surface area contributed by atoms with Crippen molar-refractivity contribution in [3.8, 4) is 0 Å². The Balaban J connectivity index is 4.35. The number of hydrogen-bond donors (Lipinski definition) is 3. The van der Waals surface area contributed by atoms with E-state index in [4.69, 9.17) is 10.8 Å². The molecule has 0 radical (unpaired) electrons. The molecule has 4 N–H and O–H groups in total. The van der Waals surface area contributed by atoms with Crippen LogP contribution in [0.4, 0.5) is 0 Å². The SMILES string of the molecule is COC(C)C(=O)N[C@@H](CC(N)=O)C(=O)O. The number of aliphatic carboxylic acids is 1. The number of rotatable bonds is 6. The Morgan fingerprint density at radius 3 is 2.33 bits per heavy atom. The Labute approximate surface area is 86.6 Å². The van der Waals surface area contributed by atoms with E-state index in [1.54, 1.807) is 0 Å². The van der Waals surface area contributed by atoms with Crippen LogP contribution in [0.3, 0.4) is 0 Å². The van der Waals surface area contributed by atoms with E-state index < -0.39 is 36.4 Å². The minimum absolute atomic E-state index is 0.447. The van der Waals surface area contributed by atoms with E-state index in [1.807, 2.05) is 0 Å². The first kappa shape index (κ1) is 13.4. The predicted molar refractivity (Wildman–Crippen MR) is 49.8 cm³/mol. The zero-order chi connectivity index (χ0) is 12.0. The Kier molecular flexibility index (Phi) is 5.32. The molecule has 0 aliphatic carbocycles. The first-order valence-corrected chi connectivity index (χ1v) is 4.22. The van der Waals surface area contributed by atoms with Crippen LogP contribution in [0.1, 0.15) is 13.3 Å². The van der Waals surface area contributed by atoms with Gasteiger partial charge < -0.3 is 20.9 Å². The van der Waals surface area contributed by atoms with Crippen molar-refractivity contribution < 1.29 is 24.2 Å². The third kappa shape index (κ3) is 4.96. The summed E-state index contributed by atoms with van der Waals surface area (Å²) in [5, 5.41) is 10.8. The molecule has 0 aromatic heterocycles. The summed E-state index contributed by atoms with van der Waals surface area (Å²) in [5.41, 5.74) is 4.83. The summed E-state index contributed by atoms with van der Waals surface area (Å²) in [6.07, 6.45) is -1.22. The molecular weight excluding hydrogens is 204 g/mol. The topological polar surface area (TPSA) is 119 Å². The molecule has 0 heterocycles. The van der Waals surface area contributed by atoms with E-state index in [9.17, 15) is 14.4 Å². The third-order valence-corrected chi connectivity index (χ3v) is 1.74. The normalized spacial score (nSPS) is 14.0. The first-order valence-electron chi connectivity index (χ1n) is 4.22. The van der Waals surface area contributed by atoms with Crippen LogP contribution in [0.25, 0.3) is 0 Å². The zero-order valence-corrected chi connectivity index (χ0v) is 8.52. The highest BCUT2D eigenvalue weighted by Crippen LogP contribution is 1.95. The lowest BCUT2D eigenvalue weighted by atomic mass is 10.2. The second-order valence-electron chi connectivity index (χ2n) is 2.95. The van der Waals surface area contributed by atoms with Gasteiger partial charge in [0.1, 0.15) is 12.1 Å². The maximum absolute atomic E-state index is 11.2. The van der Waals surface area contributed by atoms with Gasteiger partial charge in [0, 0.05) is 7.11 Å². The highest BCUT2D eigenvalue weighted by atomic mass is 16.5. The molecule has 0 aliphatic rings. The quantitative estimate of drug-likeness (QED) is 0.499. The van der Waals surface area contributed by atoms with Gasteiger partial charge in [0.2, 0.25) is 11.8 Å². The van der Waals surface area contributed by atoms with Crippen molar-refractivity contribution in [2.24, 2.45) is 5.73 Å². The van der Waals surface area contributed by atoms with Gasteiger partial charge in [0.25, 0.3) is 0 Å². The highest BCUT2D eigenvalue weighted by Gasteiger charge is 2.24. The van der Waals surface area contributed by atoms with Gasteiger partial charge >= 0.3 is 5.97 Å². The van der Waals surface area contributed by atoms with Crippen LogP contribution in [0.15, 0.2) is 0 Å². The van der Waals surface area contributed by atoms with Crippen LogP contribution < -0.4 is 11.1 Å². The molecule has 7 nitrogen and oxygen atoms in total. The van der Waals surface area contributed by atoms with E-state index >= 15 is 0 Å². The molecule has 15 heavy (non-hydrogen) atoms. The molecule has 0 fully saturated rings. The van der Waals surface area contributed by atoms with Crippen molar-refractivity contribution in [3.63, 3.8) is 0 Å². The van der Waals surface area contributed by atoms with Gasteiger partial charge in [-0.3, -0.25) is 9.59 Å². The molecule has 0 bridgehead atoms. The van der Waals surface area contributed by atoms with Crippen molar-refractivity contribution >= 4 is 17.8 Å². The molecule has 0 saturated carbocycles. The Morgan fingerprint density at radius 1 is 1.47 bits per heavy atom. The Hall–Kier alpha value is -1.63. The van der Waals surface area contributed by atoms with Gasteiger partial charge in [-0.1, -0.05) is 0 Å². The fourth-order valence-corrected chi connectivity index (χ4v) is 0.797. The van der Waals surface area contributed by atoms with Gasteiger partial charge in [-0.25, -0.2) is 4.79 Å². The summed E-state index contributed by atoms with van der Waals surface area (Å²) in [7, 11) is 1.31. The molecule has 0 rings (SSSR count). The number of methoxy groups -OCH3 is 1. The molecule has 1 unspecified atom stereocenters. The van der Waals surface area contributed by atoms with Crippen molar-refractivity contribution in [1.82, 2.24) is 5.32 Å². The van der Waals surface area contributed by atoms with Crippen LogP contribution in [0.2, 0.25) is 0 Å². The molecule has 0 aliphatic heterocycles. The summed E-state index contributed by atoms with van der Waals surface area (Å²) in [6, 6.07) is -1.31. The monoisotopic (exact) mass is 218 g/mol. The molecule has 2 atom stereocenters. The maximum Gasteiger partial charge on any atom is 0.326 e. The van der Waals surface area contributed by atoms with Gasteiger partial charge in [-0.2, -0.15) is 0 Å².